The molecule has 26 heavy (non-hydrogen) atoms. The first-order valence-corrected chi connectivity index (χ1v) is 10.3. The Balaban J connectivity index is 2.19. The molecule has 0 fully saturated rings. The minimum atomic E-state index is 0.850. The van der Waals surface area contributed by atoms with Gasteiger partial charge in [0.2, 0.25) is 0 Å². The van der Waals surface area contributed by atoms with Crippen molar-refractivity contribution in [3.8, 4) is 22.6 Å². The predicted molar refractivity (Wildman–Crippen MR) is 125 cm³/mol. The van der Waals surface area contributed by atoms with E-state index in [2.05, 4.69) is 93.7 Å². The summed E-state index contributed by atoms with van der Waals surface area (Å²) in [5, 5.41) is 4.71. The Kier molecular flexibility index (Phi) is 4.96. The number of halogens is 2. The van der Waals surface area contributed by atoms with Gasteiger partial charge in [0.25, 0.3) is 0 Å². The van der Waals surface area contributed by atoms with Crippen LogP contribution in [0.15, 0.2) is 60.7 Å². The molecule has 0 spiro atoms. The highest BCUT2D eigenvalue weighted by Gasteiger charge is 2.18. The molecule has 4 aromatic rings. The van der Waals surface area contributed by atoms with Crippen molar-refractivity contribution in [2.45, 2.75) is 0 Å². The van der Waals surface area contributed by atoms with Gasteiger partial charge in [-0.1, -0.05) is 24.3 Å². The molecule has 0 heterocycles. The van der Waals surface area contributed by atoms with E-state index in [9.17, 15) is 0 Å². The van der Waals surface area contributed by atoms with Crippen molar-refractivity contribution in [1.82, 2.24) is 0 Å². The van der Waals surface area contributed by atoms with Crippen molar-refractivity contribution >= 4 is 66.7 Å². The predicted octanol–water partition coefficient (Wildman–Crippen LogP) is 6.89. The van der Waals surface area contributed by atoms with Gasteiger partial charge >= 0.3 is 0 Å². The highest BCUT2D eigenvalue weighted by Crippen LogP contribution is 2.45. The van der Waals surface area contributed by atoms with Crippen molar-refractivity contribution < 1.29 is 9.47 Å². The molecular weight excluding hydrogens is 550 g/mol. The van der Waals surface area contributed by atoms with Crippen LogP contribution in [0.2, 0.25) is 0 Å². The second-order valence-corrected chi connectivity index (χ2v) is 8.51. The first kappa shape index (κ1) is 17.9. The van der Waals surface area contributed by atoms with Crippen molar-refractivity contribution in [3.63, 3.8) is 0 Å². The lowest BCUT2D eigenvalue weighted by Gasteiger charge is -2.18. The third kappa shape index (κ3) is 3.03. The zero-order chi connectivity index (χ0) is 18.3. The first-order chi connectivity index (χ1) is 12.6. The maximum atomic E-state index is 5.75. The number of fused-ring (bicyclic) bond motifs is 2. The van der Waals surface area contributed by atoms with Crippen LogP contribution in [0.25, 0.3) is 32.7 Å². The summed E-state index contributed by atoms with van der Waals surface area (Å²) in [5.74, 6) is 1.70. The van der Waals surface area contributed by atoms with Crippen LogP contribution in [-0.2, 0) is 0 Å². The summed E-state index contributed by atoms with van der Waals surface area (Å²) in [6, 6.07) is 21.3. The van der Waals surface area contributed by atoms with Crippen LogP contribution in [0.4, 0.5) is 0 Å². The monoisotopic (exact) mass is 566 g/mol. The average Bonchev–Trinajstić information content (AvgIpc) is 2.65. The zero-order valence-corrected chi connectivity index (χ0v) is 18.7. The fraction of sp³-hybridized carbons (Fsp3) is 0.0909. The van der Waals surface area contributed by atoms with Gasteiger partial charge in [-0.05, 0) is 103 Å². The summed E-state index contributed by atoms with van der Waals surface area (Å²) in [4.78, 5) is 0. The first-order valence-electron chi connectivity index (χ1n) is 8.15. The Morgan fingerprint density at radius 1 is 0.577 bits per heavy atom. The van der Waals surface area contributed by atoms with E-state index in [4.69, 9.17) is 9.47 Å². The van der Waals surface area contributed by atoms with Crippen LogP contribution in [-0.4, -0.2) is 14.2 Å². The van der Waals surface area contributed by atoms with Crippen LogP contribution in [0.5, 0.6) is 11.5 Å². The molecule has 0 unspecified atom stereocenters. The van der Waals surface area contributed by atoms with Crippen molar-refractivity contribution in [2.24, 2.45) is 0 Å². The molecular formula is C22H16I2O2. The molecule has 2 nitrogen and oxygen atoms in total. The summed E-state index contributed by atoms with van der Waals surface area (Å²) < 4.78 is 13.9. The smallest absolute Gasteiger partial charge is 0.127 e. The van der Waals surface area contributed by atoms with E-state index in [1.807, 2.05) is 12.1 Å². The highest BCUT2D eigenvalue weighted by atomic mass is 127. The lowest BCUT2D eigenvalue weighted by Crippen LogP contribution is -1.95. The minimum absolute atomic E-state index is 0.850. The molecule has 0 atom stereocenters. The van der Waals surface area contributed by atoms with E-state index in [1.165, 1.54) is 17.9 Å². The largest absolute Gasteiger partial charge is 0.496 e. The van der Waals surface area contributed by atoms with E-state index in [-0.39, 0.29) is 0 Å². The summed E-state index contributed by atoms with van der Waals surface area (Å²) >= 11 is 4.69. The van der Waals surface area contributed by atoms with Gasteiger partial charge in [-0.25, -0.2) is 0 Å². The molecule has 4 aromatic carbocycles. The Morgan fingerprint density at radius 2 is 1.00 bits per heavy atom. The van der Waals surface area contributed by atoms with Crippen LogP contribution in [0.1, 0.15) is 0 Å². The Labute approximate surface area is 179 Å². The molecule has 0 aromatic heterocycles. The van der Waals surface area contributed by atoms with Gasteiger partial charge in [0.15, 0.2) is 0 Å². The molecule has 0 aliphatic carbocycles. The topological polar surface area (TPSA) is 18.5 Å². The van der Waals surface area contributed by atoms with Crippen LogP contribution < -0.4 is 9.47 Å². The lowest BCUT2D eigenvalue weighted by atomic mass is 9.92. The number of hydrogen-bond acceptors (Lipinski definition) is 2. The molecule has 0 saturated carbocycles. The van der Waals surface area contributed by atoms with Gasteiger partial charge in [0, 0.05) is 18.3 Å². The summed E-state index contributed by atoms with van der Waals surface area (Å²) in [6.07, 6.45) is 0. The Bertz CT molecular complexity index is 1040. The van der Waals surface area contributed by atoms with E-state index in [1.54, 1.807) is 14.2 Å². The molecule has 0 amide bonds. The van der Waals surface area contributed by atoms with Crippen molar-refractivity contribution in [1.29, 1.82) is 0 Å². The number of ether oxygens (including phenoxy) is 2. The molecule has 0 N–H and O–H groups in total. The molecule has 4 rings (SSSR count). The van der Waals surface area contributed by atoms with E-state index in [0.717, 1.165) is 33.4 Å². The number of hydrogen-bond donors (Lipinski definition) is 0. The van der Waals surface area contributed by atoms with E-state index in [0.29, 0.717) is 0 Å². The maximum Gasteiger partial charge on any atom is 0.127 e. The van der Waals surface area contributed by atoms with Gasteiger partial charge in [0.1, 0.15) is 11.5 Å². The Hall–Kier alpha value is -1.54. The quantitative estimate of drug-likeness (QED) is 0.252. The van der Waals surface area contributed by atoms with Gasteiger partial charge in [-0.15, -0.1) is 0 Å². The van der Waals surface area contributed by atoms with Gasteiger partial charge in [0.05, 0.1) is 14.2 Å². The lowest BCUT2D eigenvalue weighted by molar-refractivity contribution is 0.411. The van der Waals surface area contributed by atoms with Gasteiger partial charge in [-0.2, -0.15) is 0 Å². The normalized spacial score (nSPS) is 11.1. The Morgan fingerprint density at radius 3 is 1.38 bits per heavy atom. The summed E-state index contributed by atoms with van der Waals surface area (Å²) in [7, 11) is 3.44. The average molecular weight is 566 g/mol. The van der Waals surface area contributed by atoms with Crippen LogP contribution in [0.3, 0.4) is 0 Å². The highest BCUT2D eigenvalue weighted by molar-refractivity contribution is 14.1. The van der Waals surface area contributed by atoms with Crippen LogP contribution in [0, 0.1) is 7.14 Å². The number of benzene rings is 4. The third-order valence-corrected chi connectivity index (χ3v) is 5.92. The molecule has 0 bridgehead atoms. The van der Waals surface area contributed by atoms with E-state index >= 15 is 0 Å². The fourth-order valence-electron chi connectivity index (χ4n) is 3.42. The van der Waals surface area contributed by atoms with Gasteiger partial charge < -0.3 is 9.47 Å². The van der Waals surface area contributed by atoms with Crippen molar-refractivity contribution in [2.75, 3.05) is 14.2 Å². The SMILES string of the molecule is COc1ccc2cc(I)ccc2c1-c1c(OC)ccc2cc(I)ccc12. The maximum absolute atomic E-state index is 5.75. The molecule has 130 valence electrons. The fourth-order valence-corrected chi connectivity index (χ4v) is 4.45. The molecule has 4 heteroatoms. The third-order valence-electron chi connectivity index (χ3n) is 4.58. The number of rotatable bonds is 3. The van der Waals surface area contributed by atoms with Crippen molar-refractivity contribution in [3.05, 3.63) is 67.8 Å². The second kappa shape index (κ2) is 7.23. The van der Waals surface area contributed by atoms with Gasteiger partial charge in [-0.3, -0.25) is 0 Å². The molecule has 0 aliphatic rings. The minimum Gasteiger partial charge on any atom is -0.496 e. The van der Waals surface area contributed by atoms with Crippen LogP contribution >= 0.6 is 45.2 Å². The van der Waals surface area contributed by atoms with E-state index < -0.39 is 0 Å². The zero-order valence-electron chi connectivity index (χ0n) is 14.3. The number of methoxy groups -OCH3 is 2. The molecule has 0 aliphatic heterocycles. The molecule has 0 radical (unpaired) electrons. The summed E-state index contributed by atoms with van der Waals surface area (Å²) in [5.41, 5.74) is 2.15. The summed E-state index contributed by atoms with van der Waals surface area (Å²) in [6.45, 7) is 0. The standard InChI is InChI=1S/C22H16I2O2/c1-25-19-9-3-13-11-15(23)5-7-17(13)21(19)22-18-8-6-16(24)12-14(18)4-10-20(22)26-2/h3-12H,1-2H3. The molecule has 0 saturated heterocycles. The second-order valence-electron chi connectivity index (χ2n) is 6.02.